The van der Waals surface area contributed by atoms with E-state index in [1.165, 1.54) is 5.56 Å². The van der Waals surface area contributed by atoms with E-state index in [-0.39, 0.29) is 19.0 Å². The van der Waals surface area contributed by atoms with Gasteiger partial charge in [0.2, 0.25) is 0 Å². The van der Waals surface area contributed by atoms with Gasteiger partial charge in [0.05, 0.1) is 6.42 Å². The Morgan fingerprint density at radius 2 is 1.89 bits per heavy atom. The Balaban J connectivity index is 2.17. The number of carbonyl (C=O) groups excluding carboxylic acids is 2. The first kappa shape index (κ1) is 12.3. The second kappa shape index (κ2) is 5.45. The van der Waals surface area contributed by atoms with Crippen LogP contribution in [0.4, 0.5) is 0 Å². The molecule has 3 heteroatoms. The second-order valence-electron chi connectivity index (χ2n) is 4.21. The Bertz CT molecular complexity index is 587. The molecule has 18 heavy (non-hydrogen) atoms. The minimum atomic E-state index is -0.381. The second-order valence-corrected chi connectivity index (χ2v) is 4.21. The lowest BCUT2D eigenvalue weighted by Gasteiger charge is -2.04. The molecule has 0 saturated heterocycles. The molecule has 0 aromatic heterocycles. The first-order chi connectivity index (χ1) is 8.69. The van der Waals surface area contributed by atoms with Gasteiger partial charge in [0.15, 0.2) is 6.29 Å². The van der Waals surface area contributed by atoms with E-state index in [1.807, 2.05) is 37.3 Å². The van der Waals surface area contributed by atoms with Crippen LogP contribution in [0.3, 0.4) is 0 Å². The molecule has 0 bridgehead atoms. The number of aldehydes is 1. The van der Waals surface area contributed by atoms with Crippen LogP contribution in [-0.2, 0) is 20.7 Å². The third-order valence-corrected chi connectivity index (χ3v) is 2.72. The summed E-state index contributed by atoms with van der Waals surface area (Å²) in [6, 6.07) is 12.0. The maximum absolute atomic E-state index is 11.4. The molecule has 92 valence electrons. The number of rotatable bonds is 4. The number of ether oxygens (including phenoxy) is 1. The number of hydrogen-bond donors (Lipinski definition) is 0. The normalized spacial score (nSPS) is 10.3. The highest BCUT2D eigenvalue weighted by Crippen LogP contribution is 2.18. The van der Waals surface area contributed by atoms with Crippen molar-refractivity contribution in [2.45, 2.75) is 13.3 Å². The molecule has 0 N–H and O–H groups in total. The molecule has 0 heterocycles. The molecule has 0 amide bonds. The van der Waals surface area contributed by atoms with Crippen LogP contribution in [0.1, 0.15) is 11.1 Å². The fourth-order valence-electron chi connectivity index (χ4n) is 1.87. The molecular formula is C15H14O3. The van der Waals surface area contributed by atoms with Crippen LogP contribution in [0.2, 0.25) is 0 Å². The topological polar surface area (TPSA) is 43.4 Å². The highest BCUT2D eigenvalue weighted by Gasteiger charge is 2.05. The Labute approximate surface area is 105 Å². The number of carbonyl (C=O) groups is 2. The Hall–Kier alpha value is -2.16. The lowest BCUT2D eigenvalue weighted by atomic mass is 10.0. The highest BCUT2D eigenvalue weighted by atomic mass is 16.5. The average molecular weight is 242 g/mol. The average Bonchev–Trinajstić information content (AvgIpc) is 2.36. The standard InChI is InChI=1S/C15H14O3/c1-11-2-4-14-9-12(3-5-13(14)8-11)10-15(17)18-7-6-16/h2-6,8-9H,7,10H2,1H3. The maximum atomic E-state index is 11.4. The van der Waals surface area contributed by atoms with Crippen molar-refractivity contribution in [2.24, 2.45) is 0 Å². The van der Waals surface area contributed by atoms with Gasteiger partial charge in [-0.2, -0.15) is 0 Å². The molecule has 0 radical (unpaired) electrons. The van der Waals surface area contributed by atoms with Gasteiger partial charge in [0, 0.05) is 0 Å². The van der Waals surface area contributed by atoms with Gasteiger partial charge >= 0.3 is 5.97 Å². The van der Waals surface area contributed by atoms with E-state index in [2.05, 4.69) is 6.07 Å². The molecule has 0 aliphatic carbocycles. The van der Waals surface area contributed by atoms with E-state index >= 15 is 0 Å². The fourth-order valence-corrected chi connectivity index (χ4v) is 1.87. The molecule has 0 unspecified atom stereocenters. The van der Waals surface area contributed by atoms with Crippen LogP contribution in [0, 0.1) is 6.92 Å². The minimum absolute atomic E-state index is 0.175. The third kappa shape index (κ3) is 2.94. The number of aryl methyl sites for hydroxylation is 1. The van der Waals surface area contributed by atoms with Crippen LogP contribution in [0.25, 0.3) is 10.8 Å². The van der Waals surface area contributed by atoms with Gasteiger partial charge in [-0.15, -0.1) is 0 Å². The number of benzene rings is 2. The maximum Gasteiger partial charge on any atom is 0.310 e. The van der Waals surface area contributed by atoms with Crippen molar-refractivity contribution < 1.29 is 14.3 Å². The van der Waals surface area contributed by atoms with Crippen molar-refractivity contribution in [3.63, 3.8) is 0 Å². The van der Waals surface area contributed by atoms with Gasteiger partial charge in [-0.05, 0) is 23.3 Å². The van der Waals surface area contributed by atoms with Crippen molar-refractivity contribution >= 4 is 23.0 Å². The molecular weight excluding hydrogens is 228 g/mol. The lowest BCUT2D eigenvalue weighted by Crippen LogP contribution is -2.09. The number of fused-ring (bicyclic) bond motifs is 1. The van der Waals surface area contributed by atoms with E-state index < -0.39 is 0 Å². The zero-order valence-corrected chi connectivity index (χ0v) is 10.2. The van der Waals surface area contributed by atoms with Crippen LogP contribution < -0.4 is 0 Å². The molecule has 2 aromatic carbocycles. The van der Waals surface area contributed by atoms with Crippen molar-refractivity contribution in [1.82, 2.24) is 0 Å². The van der Waals surface area contributed by atoms with E-state index in [0.717, 1.165) is 16.3 Å². The minimum Gasteiger partial charge on any atom is -0.458 e. The zero-order chi connectivity index (χ0) is 13.0. The van der Waals surface area contributed by atoms with Crippen molar-refractivity contribution in [3.05, 3.63) is 47.5 Å². The summed E-state index contributed by atoms with van der Waals surface area (Å²) in [5.74, 6) is -0.381. The largest absolute Gasteiger partial charge is 0.458 e. The SMILES string of the molecule is Cc1ccc2cc(CC(=O)OCC=O)ccc2c1. The monoisotopic (exact) mass is 242 g/mol. The zero-order valence-electron chi connectivity index (χ0n) is 10.2. The lowest BCUT2D eigenvalue weighted by molar-refractivity contribution is -0.144. The van der Waals surface area contributed by atoms with Crippen molar-refractivity contribution in [1.29, 1.82) is 0 Å². The highest BCUT2D eigenvalue weighted by molar-refractivity contribution is 5.85. The predicted molar refractivity (Wildman–Crippen MR) is 69.4 cm³/mol. The van der Waals surface area contributed by atoms with Crippen molar-refractivity contribution in [2.75, 3.05) is 6.61 Å². The van der Waals surface area contributed by atoms with Crippen molar-refractivity contribution in [3.8, 4) is 0 Å². The fraction of sp³-hybridized carbons (Fsp3) is 0.200. The first-order valence-corrected chi connectivity index (χ1v) is 5.77. The number of esters is 1. The van der Waals surface area contributed by atoms with Crippen LogP contribution in [0.15, 0.2) is 36.4 Å². The summed E-state index contributed by atoms with van der Waals surface area (Å²) < 4.78 is 4.72. The molecule has 0 fully saturated rings. The Morgan fingerprint density at radius 3 is 2.67 bits per heavy atom. The summed E-state index contributed by atoms with van der Waals surface area (Å²) in [7, 11) is 0. The van der Waals surface area contributed by atoms with E-state index in [0.29, 0.717) is 6.29 Å². The van der Waals surface area contributed by atoms with E-state index in [4.69, 9.17) is 4.74 Å². The summed E-state index contributed by atoms with van der Waals surface area (Å²) in [6.45, 7) is 1.87. The molecule has 0 spiro atoms. The molecule has 0 saturated carbocycles. The summed E-state index contributed by atoms with van der Waals surface area (Å²) in [6.07, 6.45) is 0.763. The molecule has 0 aliphatic rings. The van der Waals surface area contributed by atoms with Gasteiger partial charge in [0.25, 0.3) is 0 Å². The van der Waals surface area contributed by atoms with Crippen LogP contribution >= 0.6 is 0 Å². The molecule has 2 rings (SSSR count). The summed E-state index contributed by atoms with van der Waals surface area (Å²) in [5.41, 5.74) is 2.10. The summed E-state index contributed by atoms with van der Waals surface area (Å²) in [5, 5.41) is 2.25. The molecule has 0 aliphatic heterocycles. The van der Waals surface area contributed by atoms with E-state index in [9.17, 15) is 9.59 Å². The Kier molecular flexibility index (Phi) is 3.72. The predicted octanol–water partition coefficient (Wildman–Crippen LogP) is 2.43. The number of hydrogen-bond acceptors (Lipinski definition) is 3. The third-order valence-electron chi connectivity index (χ3n) is 2.72. The molecule has 3 nitrogen and oxygen atoms in total. The van der Waals surface area contributed by atoms with Crippen LogP contribution in [0.5, 0.6) is 0 Å². The quantitative estimate of drug-likeness (QED) is 0.611. The van der Waals surface area contributed by atoms with Gasteiger partial charge in [0.1, 0.15) is 6.61 Å². The van der Waals surface area contributed by atoms with E-state index in [1.54, 1.807) is 0 Å². The first-order valence-electron chi connectivity index (χ1n) is 5.77. The molecule has 2 aromatic rings. The van der Waals surface area contributed by atoms with Gasteiger partial charge in [-0.1, -0.05) is 42.0 Å². The smallest absolute Gasteiger partial charge is 0.310 e. The van der Waals surface area contributed by atoms with Gasteiger partial charge in [-0.3, -0.25) is 9.59 Å². The Morgan fingerprint density at radius 1 is 1.17 bits per heavy atom. The summed E-state index contributed by atoms with van der Waals surface area (Å²) in [4.78, 5) is 21.5. The summed E-state index contributed by atoms with van der Waals surface area (Å²) >= 11 is 0. The van der Waals surface area contributed by atoms with Gasteiger partial charge < -0.3 is 4.74 Å². The molecule has 0 atom stereocenters. The van der Waals surface area contributed by atoms with Gasteiger partial charge in [-0.25, -0.2) is 0 Å². The van der Waals surface area contributed by atoms with Crippen LogP contribution in [-0.4, -0.2) is 18.9 Å².